The van der Waals surface area contributed by atoms with E-state index in [2.05, 4.69) is 0 Å². The number of nitrogens with one attached hydrogen (secondary N) is 1. The van der Waals surface area contributed by atoms with Crippen LogP contribution in [0.2, 0.25) is 0 Å². The molecule has 1 saturated heterocycles. The number of hydrogen-bond acceptors (Lipinski definition) is 5. The Hall–Kier alpha value is -1.02. The topological polar surface area (TPSA) is 101 Å². The summed E-state index contributed by atoms with van der Waals surface area (Å²) in [5.41, 5.74) is -6.13. The van der Waals surface area contributed by atoms with Gasteiger partial charge in [-0.15, -0.1) is 0 Å². The highest BCUT2D eigenvalue weighted by Gasteiger charge is 2.59. The Balaban J connectivity index is 3.06. The van der Waals surface area contributed by atoms with Crippen LogP contribution < -0.4 is 4.13 Å². The Labute approximate surface area is 154 Å². The van der Waals surface area contributed by atoms with Crippen molar-refractivity contribution in [2.45, 2.75) is 56.2 Å². The van der Waals surface area contributed by atoms with Gasteiger partial charge in [-0.2, -0.15) is 22.0 Å². The van der Waals surface area contributed by atoms with Crippen LogP contribution in [0.25, 0.3) is 0 Å². The van der Waals surface area contributed by atoms with Crippen LogP contribution in [-0.4, -0.2) is 51.5 Å². The molecule has 0 radical (unpaired) electrons. The van der Waals surface area contributed by atoms with Crippen molar-refractivity contribution in [3.63, 3.8) is 0 Å². The molecule has 160 valence electrons. The smallest absolute Gasteiger partial charge is 0.336 e. The fourth-order valence-corrected chi connectivity index (χ4v) is 4.84. The summed E-state index contributed by atoms with van der Waals surface area (Å²) < 4.78 is 110. The zero-order valence-electron chi connectivity index (χ0n) is 14.4. The van der Waals surface area contributed by atoms with E-state index in [-0.39, 0.29) is 23.1 Å². The quantitative estimate of drug-likeness (QED) is 0.670. The van der Waals surface area contributed by atoms with Gasteiger partial charge in [-0.25, -0.2) is 16.8 Å². The van der Waals surface area contributed by atoms with Crippen molar-refractivity contribution in [2.75, 3.05) is 13.1 Å². The fraction of sp³-hybridized carbons (Fsp3) is 0.923. The van der Waals surface area contributed by atoms with Gasteiger partial charge in [0.1, 0.15) is 0 Å². The Morgan fingerprint density at radius 2 is 1.44 bits per heavy atom. The van der Waals surface area contributed by atoms with Crippen molar-refractivity contribution in [3.05, 3.63) is 0 Å². The van der Waals surface area contributed by atoms with Gasteiger partial charge in [0.2, 0.25) is 0 Å². The minimum absolute atomic E-state index is 0.0763. The van der Waals surface area contributed by atoms with E-state index >= 15 is 0 Å². The Morgan fingerprint density at radius 1 is 0.889 bits per heavy atom. The number of rotatable bonds is 4. The highest BCUT2D eigenvalue weighted by atomic mass is 32.3. The molecule has 0 spiro atoms. The van der Waals surface area contributed by atoms with E-state index in [1.54, 1.807) is 0 Å². The Kier molecular flexibility index (Phi) is 7.61. The normalized spacial score (nSPS) is 21.7. The van der Waals surface area contributed by atoms with Crippen molar-refractivity contribution in [1.29, 1.82) is 0 Å². The molecule has 0 aromatic heterocycles. The maximum absolute atomic E-state index is 14.1. The minimum atomic E-state index is -6.62. The van der Waals surface area contributed by atoms with Crippen molar-refractivity contribution in [3.8, 4) is 0 Å². The van der Waals surface area contributed by atoms with Gasteiger partial charge in [-0.05, 0) is 18.8 Å². The first-order valence-electron chi connectivity index (χ1n) is 8.13. The molecule has 1 amide bonds. The number of hydrogen-bond donors (Lipinski definition) is 1. The zero-order valence-corrected chi connectivity index (χ0v) is 16.1. The maximum atomic E-state index is 14.1. The second-order valence-corrected chi connectivity index (χ2v) is 10.1. The molecule has 0 aromatic carbocycles. The summed E-state index contributed by atoms with van der Waals surface area (Å²) in [5, 5.41) is -5.38. The molecule has 0 bridgehead atoms. The SMILES string of the molecule is CC1CCCCCCN(C(=O)C(F)(F)S(=O)(=O)NS(=O)(=O)C(F)(F)F)CC1. The molecule has 1 atom stereocenters. The van der Waals surface area contributed by atoms with E-state index in [9.17, 15) is 43.6 Å². The summed E-state index contributed by atoms with van der Waals surface area (Å²) >= 11 is 0. The largest absolute Gasteiger partial charge is 0.512 e. The summed E-state index contributed by atoms with van der Waals surface area (Å²) in [7, 11) is -13.1. The first-order valence-corrected chi connectivity index (χ1v) is 11.1. The van der Waals surface area contributed by atoms with Gasteiger partial charge in [-0.3, -0.25) is 4.79 Å². The first-order chi connectivity index (χ1) is 12.1. The van der Waals surface area contributed by atoms with Gasteiger partial charge in [0.05, 0.1) is 0 Å². The van der Waals surface area contributed by atoms with Crippen LogP contribution in [-0.2, 0) is 24.8 Å². The van der Waals surface area contributed by atoms with E-state index in [1.807, 2.05) is 6.92 Å². The molecule has 1 heterocycles. The molecule has 1 N–H and O–H groups in total. The highest BCUT2D eigenvalue weighted by molar-refractivity contribution is 8.05. The lowest BCUT2D eigenvalue weighted by molar-refractivity contribution is -0.147. The molecule has 1 unspecified atom stereocenters. The second-order valence-electron chi connectivity index (χ2n) is 6.44. The summed E-state index contributed by atoms with van der Waals surface area (Å²) in [6.45, 7) is 1.41. The number of sulfonamides is 2. The summed E-state index contributed by atoms with van der Waals surface area (Å²) in [6.07, 6.45) is 3.74. The molecular weight excluding hydrogens is 423 g/mol. The van der Waals surface area contributed by atoms with Crippen molar-refractivity contribution >= 4 is 26.0 Å². The first kappa shape index (κ1) is 24.0. The maximum Gasteiger partial charge on any atom is 0.512 e. The number of carbonyl (C=O) groups excluding carboxylic acids is 1. The molecule has 0 aliphatic carbocycles. The van der Waals surface area contributed by atoms with Crippen molar-refractivity contribution in [2.24, 2.45) is 5.92 Å². The van der Waals surface area contributed by atoms with Gasteiger partial charge in [0.15, 0.2) is 0 Å². The van der Waals surface area contributed by atoms with Crippen LogP contribution in [0.15, 0.2) is 0 Å². The van der Waals surface area contributed by atoms with E-state index < -0.39 is 36.7 Å². The number of carbonyl (C=O) groups is 1. The average Bonchev–Trinajstić information content (AvgIpc) is 2.50. The predicted molar refractivity (Wildman–Crippen MR) is 85.4 cm³/mol. The van der Waals surface area contributed by atoms with E-state index in [0.29, 0.717) is 24.2 Å². The van der Waals surface area contributed by atoms with Gasteiger partial charge in [-0.1, -0.05) is 36.7 Å². The molecule has 1 fully saturated rings. The van der Waals surface area contributed by atoms with Gasteiger partial charge in [0.25, 0.3) is 0 Å². The third kappa shape index (κ3) is 5.98. The Bertz CT molecular complexity index is 737. The summed E-state index contributed by atoms with van der Waals surface area (Å²) in [5.74, 6) is -2.17. The van der Waals surface area contributed by atoms with Crippen LogP contribution in [0.5, 0.6) is 0 Å². The van der Waals surface area contributed by atoms with Gasteiger partial charge in [0, 0.05) is 13.1 Å². The van der Waals surface area contributed by atoms with Crippen molar-refractivity contribution in [1.82, 2.24) is 9.03 Å². The molecule has 1 aliphatic heterocycles. The predicted octanol–water partition coefficient (Wildman–Crippen LogP) is 2.17. The molecule has 1 rings (SSSR count). The summed E-state index contributed by atoms with van der Waals surface area (Å²) in [6, 6.07) is 0. The van der Waals surface area contributed by atoms with E-state index in [0.717, 1.165) is 19.3 Å². The molecule has 0 aromatic rings. The number of nitrogens with zero attached hydrogens (tertiary/aromatic N) is 1. The molecule has 14 heteroatoms. The number of alkyl halides is 5. The second kappa shape index (κ2) is 8.55. The zero-order chi connectivity index (χ0) is 21.1. The lowest BCUT2D eigenvalue weighted by Crippen LogP contribution is -2.55. The van der Waals surface area contributed by atoms with E-state index in [4.69, 9.17) is 0 Å². The summed E-state index contributed by atoms with van der Waals surface area (Å²) in [4.78, 5) is 12.6. The van der Waals surface area contributed by atoms with Crippen LogP contribution in [0.1, 0.15) is 45.4 Å². The lowest BCUT2D eigenvalue weighted by atomic mass is 9.98. The van der Waals surface area contributed by atoms with Crippen LogP contribution in [0.3, 0.4) is 0 Å². The van der Waals surface area contributed by atoms with Crippen molar-refractivity contribution < 1.29 is 43.6 Å². The molecule has 1 aliphatic rings. The third-order valence-electron chi connectivity index (χ3n) is 4.16. The minimum Gasteiger partial charge on any atom is -0.336 e. The fourth-order valence-electron chi connectivity index (χ4n) is 2.53. The lowest BCUT2D eigenvalue weighted by Gasteiger charge is -2.28. The number of amides is 1. The molecule has 0 saturated carbocycles. The van der Waals surface area contributed by atoms with Crippen LogP contribution in [0, 0.1) is 5.92 Å². The Morgan fingerprint density at radius 3 is 2.00 bits per heavy atom. The van der Waals surface area contributed by atoms with Crippen LogP contribution >= 0.6 is 0 Å². The van der Waals surface area contributed by atoms with E-state index in [1.165, 1.54) is 0 Å². The average molecular weight is 444 g/mol. The molecular formula is C13H21F5N2O5S2. The van der Waals surface area contributed by atoms with Gasteiger partial charge < -0.3 is 4.90 Å². The monoisotopic (exact) mass is 444 g/mol. The molecule has 7 nitrogen and oxygen atoms in total. The van der Waals surface area contributed by atoms with Gasteiger partial charge >= 0.3 is 36.7 Å². The third-order valence-corrected chi connectivity index (χ3v) is 7.38. The number of halogens is 5. The molecule has 27 heavy (non-hydrogen) atoms. The van der Waals surface area contributed by atoms with Crippen LogP contribution in [0.4, 0.5) is 22.0 Å². The standard InChI is InChI=1S/C13H21F5N2O5S2/c1-10-6-4-2-3-5-8-20(9-7-10)11(21)12(14,15)26(22,23)19-27(24,25)13(16,17)18/h10,19H,2-9H2,1H3. The highest BCUT2D eigenvalue weighted by Crippen LogP contribution is 2.29.